The summed E-state index contributed by atoms with van der Waals surface area (Å²) >= 11 is 2.11. The van der Waals surface area contributed by atoms with Gasteiger partial charge >= 0.3 is 0 Å². The molecule has 0 spiro atoms. The van der Waals surface area contributed by atoms with E-state index in [0.717, 1.165) is 30.6 Å². The van der Waals surface area contributed by atoms with Gasteiger partial charge in [0.25, 0.3) is 0 Å². The SMILES string of the molecule is CCCOc1ccc(C(NCC)C2CCCS2)cc1. The first kappa shape index (κ1) is 14.7. The zero-order valence-electron chi connectivity index (χ0n) is 12.0. The lowest BCUT2D eigenvalue weighted by Crippen LogP contribution is -2.28. The van der Waals surface area contributed by atoms with E-state index in [1.165, 1.54) is 24.2 Å². The normalized spacial score (nSPS) is 20.4. The van der Waals surface area contributed by atoms with Gasteiger partial charge in [0.1, 0.15) is 5.75 Å². The second-order valence-corrected chi connectivity index (χ2v) is 6.35. The first-order valence-corrected chi connectivity index (χ1v) is 8.47. The van der Waals surface area contributed by atoms with Gasteiger partial charge in [-0.1, -0.05) is 26.0 Å². The maximum atomic E-state index is 5.65. The van der Waals surface area contributed by atoms with Gasteiger partial charge in [-0.15, -0.1) is 0 Å². The second kappa shape index (κ2) is 7.81. The number of benzene rings is 1. The highest BCUT2D eigenvalue weighted by molar-refractivity contribution is 8.00. The van der Waals surface area contributed by atoms with Crippen molar-refractivity contribution in [1.82, 2.24) is 5.32 Å². The van der Waals surface area contributed by atoms with Crippen LogP contribution in [0.2, 0.25) is 0 Å². The summed E-state index contributed by atoms with van der Waals surface area (Å²) in [6.45, 7) is 6.14. The van der Waals surface area contributed by atoms with Crippen LogP contribution in [-0.4, -0.2) is 24.2 Å². The van der Waals surface area contributed by atoms with Crippen molar-refractivity contribution in [2.45, 2.75) is 44.4 Å². The zero-order valence-corrected chi connectivity index (χ0v) is 12.8. The second-order valence-electron chi connectivity index (χ2n) is 5.00. The molecule has 0 aliphatic carbocycles. The Morgan fingerprint density at radius 2 is 2.11 bits per heavy atom. The average Bonchev–Trinajstić information content (AvgIpc) is 2.97. The minimum absolute atomic E-state index is 0.484. The smallest absolute Gasteiger partial charge is 0.119 e. The van der Waals surface area contributed by atoms with Crippen LogP contribution in [0.25, 0.3) is 0 Å². The predicted molar refractivity (Wildman–Crippen MR) is 84.1 cm³/mol. The van der Waals surface area contributed by atoms with E-state index in [-0.39, 0.29) is 0 Å². The lowest BCUT2D eigenvalue weighted by atomic mass is 10.0. The van der Waals surface area contributed by atoms with Gasteiger partial charge in [0, 0.05) is 11.3 Å². The van der Waals surface area contributed by atoms with E-state index in [9.17, 15) is 0 Å². The van der Waals surface area contributed by atoms with Gasteiger partial charge in [-0.25, -0.2) is 0 Å². The Morgan fingerprint density at radius 3 is 2.68 bits per heavy atom. The molecule has 1 aromatic rings. The molecule has 0 bridgehead atoms. The summed E-state index contributed by atoms with van der Waals surface area (Å²) in [5, 5.41) is 4.37. The molecule has 3 heteroatoms. The lowest BCUT2D eigenvalue weighted by Gasteiger charge is -2.24. The molecule has 2 atom stereocenters. The number of rotatable bonds is 7. The lowest BCUT2D eigenvalue weighted by molar-refractivity contribution is 0.317. The third-order valence-corrected chi connectivity index (χ3v) is 4.93. The first-order valence-electron chi connectivity index (χ1n) is 7.43. The number of thioether (sulfide) groups is 1. The summed E-state index contributed by atoms with van der Waals surface area (Å²) in [6.07, 6.45) is 3.74. The minimum atomic E-state index is 0.484. The number of ether oxygens (including phenoxy) is 1. The third kappa shape index (κ3) is 4.15. The molecule has 0 amide bonds. The molecule has 1 aliphatic heterocycles. The van der Waals surface area contributed by atoms with E-state index in [1.807, 2.05) is 0 Å². The van der Waals surface area contributed by atoms with E-state index < -0.39 is 0 Å². The van der Waals surface area contributed by atoms with Gasteiger partial charge in [0.05, 0.1) is 6.61 Å². The number of hydrogen-bond acceptors (Lipinski definition) is 3. The summed E-state index contributed by atoms with van der Waals surface area (Å²) in [5.74, 6) is 2.30. The van der Waals surface area contributed by atoms with Crippen molar-refractivity contribution in [2.24, 2.45) is 0 Å². The Kier molecular flexibility index (Phi) is 6.05. The van der Waals surface area contributed by atoms with Gasteiger partial charge in [0.2, 0.25) is 0 Å². The summed E-state index contributed by atoms with van der Waals surface area (Å²) in [5.41, 5.74) is 1.39. The van der Waals surface area contributed by atoms with E-state index >= 15 is 0 Å². The molecule has 19 heavy (non-hydrogen) atoms. The van der Waals surface area contributed by atoms with Crippen molar-refractivity contribution in [2.75, 3.05) is 18.9 Å². The predicted octanol–water partition coefficient (Wildman–Crippen LogP) is 4.02. The van der Waals surface area contributed by atoms with Crippen LogP contribution in [0.3, 0.4) is 0 Å². The van der Waals surface area contributed by atoms with Crippen molar-refractivity contribution in [3.8, 4) is 5.75 Å². The van der Waals surface area contributed by atoms with Gasteiger partial charge in [-0.3, -0.25) is 0 Å². The van der Waals surface area contributed by atoms with Crippen LogP contribution in [0.5, 0.6) is 5.75 Å². The Bertz CT molecular complexity index is 360. The summed E-state index contributed by atoms with van der Waals surface area (Å²) in [4.78, 5) is 0. The topological polar surface area (TPSA) is 21.3 Å². The van der Waals surface area contributed by atoms with Crippen molar-refractivity contribution >= 4 is 11.8 Å². The largest absolute Gasteiger partial charge is 0.494 e. The molecule has 1 aromatic carbocycles. The minimum Gasteiger partial charge on any atom is -0.494 e. The van der Waals surface area contributed by atoms with Crippen LogP contribution >= 0.6 is 11.8 Å². The van der Waals surface area contributed by atoms with Crippen molar-refractivity contribution in [3.63, 3.8) is 0 Å². The van der Waals surface area contributed by atoms with Gasteiger partial charge in [-0.2, -0.15) is 11.8 Å². The molecule has 1 fully saturated rings. The molecule has 1 heterocycles. The van der Waals surface area contributed by atoms with Crippen LogP contribution in [0.1, 0.15) is 44.7 Å². The highest BCUT2D eigenvalue weighted by Gasteiger charge is 2.26. The third-order valence-electron chi connectivity index (χ3n) is 3.47. The van der Waals surface area contributed by atoms with Crippen LogP contribution in [0, 0.1) is 0 Å². The summed E-state index contributed by atoms with van der Waals surface area (Å²) < 4.78 is 5.65. The average molecular weight is 279 g/mol. The molecule has 106 valence electrons. The molecular weight excluding hydrogens is 254 g/mol. The molecule has 0 radical (unpaired) electrons. The highest BCUT2D eigenvalue weighted by Crippen LogP contribution is 2.36. The fourth-order valence-corrected chi connectivity index (χ4v) is 3.96. The molecular formula is C16H25NOS. The monoisotopic (exact) mass is 279 g/mol. The van der Waals surface area contributed by atoms with E-state index in [1.54, 1.807) is 0 Å². The maximum absolute atomic E-state index is 5.65. The summed E-state index contributed by atoms with van der Waals surface area (Å²) in [6, 6.07) is 9.14. The maximum Gasteiger partial charge on any atom is 0.119 e. The van der Waals surface area contributed by atoms with Gasteiger partial charge < -0.3 is 10.1 Å². The molecule has 1 saturated heterocycles. The number of nitrogens with one attached hydrogen (secondary N) is 1. The Morgan fingerprint density at radius 1 is 1.32 bits per heavy atom. The van der Waals surface area contributed by atoms with E-state index in [0.29, 0.717) is 6.04 Å². The molecule has 2 unspecified atom stereocenters. The van der Waals surface area contributed by atoms with Crippen LogP contribution in [0.15, 0.2) is 24.3 Å². The zero-order chi connectivity index (χ0) is 13.5. The fourth-order valence-electron chi connectivity index (χ4n) is 2.54. The Hall–Kier alpha value is -0.670. The quantitative estimate of drug-likeness (QED) is 0.814. The van der Waals surface area contributed by atoms with Crippen molar-refractivity contribution in [1.29, 1.82) is 0 Å². The van der Waals surface area contributed by atoms with Gasteiger partial charge in [0.15, 0.2) is 0 Å². The molecule has 1 N–H and O–H groups in total. The van der Waals surface area contributed by atoms with Crippen LogP contribution in [-0.2, 0) is 0 Å². The van der Waals surface area contributed by atoms with Crippen molar-refractivity contribution in [3.05, 3.63) is 29.8 Å². The Balaban J connectivity index is 2.03. The number of hydrogen-bond donors (Lipinski definition) is 1. The molecule has 1 aliphatic rings. The van der Waals surface area contributed by atoms with Gasteiger partial charge in [-0.05, 0) is 49.3 Å². The standard InChI is InChI=1S/C16H25NOS/c1-3-11-18-14-9-7-13(8-10-14)16(17-4-2)15-6-5-12-19-15/h7-10,15-17H,3-6,11-12H2,1-2H3. The van der Waals surface area contributed by atoms with Crippen LogP contribution in [0.4, 0.5) is 0 Å². The van der Waals surface area contributed by atoms with Crippen molar-refractivity contribution < 1.29 is 4.74 Å². The van der Waals surface area contributed by atoms with E-state index in [4.69, 9.17) is 4.74 Å². The fraction of sp³-hybridized carbons (Fsp3) is 0.625. The Labute approximate surface area is 121 Å². The van der Waals surface area contributed by atoms with Crippen LogP contribution < -0.4 is 10.1 Å². The molecule has 2 rings (SSSR count). The molecule has 0 aromatic heterocycles. The summed E-state index contributed by atoms with van der Waals surface area (Å²) in [7, 11) is 0. The molecule has 0 saturated carbocycles. The van der Waals surface area contributed by atoms with E-state index in [2.05, 4.69) is 55.2 Å². The molecule has 2 nitrogen and oxygen atoms in total. The first-order chi connectivity index (χ1) is 9.35. The highest BCUT2D eigenvalue weighted by atomic mass is 32.2.